The smallest absolute Gasteiger partial charge is 0.316 e. The number of rotatable bonds is 10. The van der Waals surface area contributed by atoms with Crippen LogP contribution in [0.4, 0.5) is 0 Å². The maximum Gasteiger partial charge on any atom is 0.316 e. The van der Waals surface area contributed by atoms with Gasteiger partial charge in [-0.3, -0.25) is 19.4 Å². The molecule has 4 rings (SSSR count). The number of benzene rings is 1. The lowest BCUT2D eigenvalue weighted by Crippen LogP contribution is -2.37. The van der Waals surface area contributed by atoms with Gasteiger partial charge in [0.25, 0.3) is 5.56 Å². The van der Waals surface area contributed by atoms with Crippen molar-refractivity contribution in [3.63, 3.8) is 0 Å². The second-order valence-electron chi connectivity index (χ2n) is 7.74. The highest BCUT2D eigenvalue weighted by Crippen LogP contribution is 2.25. The van der Waals surface area contributed by atoms with Gasteiger partial charge < -0.3 is 10.5 Å². The largest absolute Gasteiger partial charge is 0.467 e. The molecule has 0 amide bonds. The number of aromatic amines is 1. The average molecular weight is 449 g/mol. The molecule has 3 N–H and O–H groups in total. The number of nitrogens with two attached hydrogens (primary N) is 1. The standard InChI is InChI=1S/C23H28N8O2/c1-3-19(30(10-9-24)14-17-11-25-23(33-2)26-12-17)21-28-20-18(13-27-29-20)22(32)31(21)15-16-7-5-4-6-8-16/h4-8,11-13,19H,3,9-10,14-15,24H2,1-2H3,(H,27,29). The van der Waals surface area contributed by atoms with Gasteiger partial charge in [0.1, 0.15) is 11.2 Å². The molecule has 172 valence electrons. The first-order valence-electron chi connectivity index (χ1n) is 10.9. The SMILES string of the molecule is CCC(c1nc2[nH]ncc2c(=O)n1Cc1ccccc1)N(CCN)Cc1cnc(OC)nc1. The van der Waals surface area contributed by atoms with Gasteiger partial charge in [0.15, 0.2) is 5.65 Å². The molecule has 0 spiro atoms. The van der Waals surface area contributed by atoms with Gasteiger partial charge in [-0.05, 0) is 12.0 Å². The minimum Gasteiger partial charge on any atom is -0.467 e. The van der Waals surface area contributed by atoms with Crippen molar-refractivity contribution in [2.75, 3.05) is 20.2 Å². The number of nitrogens with zero attached hydrogens (tertiary/aromatic N) is 6. The zero-order valence-electron chi connectivity index (χ0n) is 18.8. The second kappa shape index (κ2) is 10.3. The molecule has 1 atom stereocenters. The number of H-pyrrole nitrogens is 1. The number of ether oxygens (including phenoxy) is 1. The van der Waals surface area contributed by atoms with E-state index in [0.717, 1.165) is 17.5 Å². The van der Waals surface area contributed by atoms with Gasteiger partial charge in [-0.2, -0.15) is 5.10 Å². The summed E-state index contributed by atoms with van der Waals surface area (Å²) in [7, 11) is 1.53. The highest BCUT2D eigenvalue weighted by Gasteiger charge is 2.25. The number of hydrogen-bond donors (Lipinski definition) is 2. The van der Waals surface area contributed by atoms with Crippen LogP contribution in [-0.2, 0) is 13.1 Å². The van der Waals surface area contributed by atoms with E-state index in [1.165, 1.54) is 13.3 Å². The van der Waals surface area contributed by atoms with Crippen molar-refractivity contribution in [2.45, 2.75) is 32.5 Å². The Kier molecular flexibility index (Phi) is 7.06. The molecule has 10 heteroatoms. The van der Waals surface area contributed by atoms with E-state index >= 15 is 0 Å². The van der Waals surface area contributed by atoms with Crippen molar-refractivity contribution in [1.29, 1.82) is 0 Å². The summed E-state index contributed by atoms with van der Waals surface area (Å²) < 4.78 is 6.81. The van der Waals surface area contributed by atoms with Gasteiger partial charge in [0.2, 0.25) is 0 Å². The lowest BCUT2D eigenvalue weighted by molar-refractivity contribution is 0.175. The van der Waals surface area contributed by atoms with Crippen molar-refractivity contribution in [3.8, 4) is 6.01 Å². The maximum atomic E-state index is 13.4. The number of nitrogens with one attached hydrogen (secondary N) is 1. The highest BCUT2D eigenvalue weighted by atomic mass is 16.5. The maximum absolute atomic E-state index is 13.4. The predicted octanol–water partition coefficient (Wildman–Crippen LogP) is 1.88. The van der Waals surface area contributed by atoms with Gasteiger partial charge in [-0.15, -0.1) is 0 Å². The summed E-state index contributed by atoms with van der Waals surface area (Å²) in [6.07, 6.45) is 5.75. The number of methoxy groups -OCH3 is 1. The van der Waals surface area contributed by atoms with E-state index in [1.807, 2.05) is 30.3 Å². The summed E-state index contributed by atoms with van der Waals surface area (Å²) in [6.45, 7) is 4.13. The van der Waals surface area contributed by atoms with E-state index in [2.05, 4.69) is 32.0 Å². The Balaban J connectivity index is 1.76. The van der Waals surface area contributed by atoms with Crippen LogP contribution in [0.2, 0.25) is 0 Å². The molecule has 1 aromatic carbocycles. The monoisotopic (exact) mass is 448 g/mol. The molecule has 0 saturated carbocycles. The normalized spacial score (nSPS) is 12.4. The van der Waals surface area contributed by atoms with Gasteiger partial charge >= 0.3 is 6.01 Å². The van der Waals surface area contributed by atoms with Crippen molar-refractivity contribution in [3.05, 3.63) is 76.2 Å². The van der Waals surface area contributed by atoms with Crippen molar-refractivity contribution in [2.24, 2.45) is 5.73 Å². The predicted molar refractivity (Wildman–Crippen MR) is 125 cm³/mol. The zero-order chi connectivity index (χ0) is 23.2. The van der Waals surface area contributed by atoms with Crippen LogP contribution in [-0.4, -0.2) is 54.8 Å². The van der Waals surface area contributed by atoms with Crippen molar-refractivity contribution in [1.82, 2.24) is 34.6 Å². The van der Waals surface area contributed by atoms with Gasteiger partial charge in [-0.25, -0.2) is 15.0 Å². The molecular weight excluding hydrogens is 420 g/mol. The van der Waals surface area contributed by atoms with Gasteiger partial charge in [0, 0.05) is 37.6 Å². The third kappa shape index (κ3) is 4.91. The van der Waals surface area contributed by atoms with Gasteiger partial charge in [0.05, 0.1) is 25.9 Å². The number of fused-ring (bicyclic) bond motifs is 1. The Hall–Kier alpha value is -3.63. The van der Waals surface area contributed by atoms with Crippen LogP contribution in [0.5, 0.6) is 6.01 Å². The summed E-state index contributed by atoms with van der Waals surface area (Å²) >= 11 is 0. The fraction of sp³-hybridized carbons (Fsp3) is 0.348. The molecule has 0 fully saturated rings. The summed E-state index contributed by atoms with van der Waals surface area (Å²) in [6, 6.07) is 10.1. The zero-order valence-corrected chi connectivity index (χ0v) is 18.8. The summed E-state index contributed by atoms with van der Waals surface area (Å²) in [4.78, 5) is 28.9. The van der Waals surface area contributed by atoms with Crippen molar-refractivity contribution >= 4 is 11.0 Å². The minimum atomic E-state index is -0.153. The molecule has 0 radical (unpaired) electrons. The van der Waals surface area contributed by atoms with Crippen LogP contribution >= 0.6 is 0 Å². The van der Waals surface area contributed by atoms with E-state index in [9.17, 15) is 4.79 Å². The molecule has 10 nitrogen and oxygen atoms in total. The molecule has 3 aromatic heterocycles. The number of aromatic nitrogens is 6. The van der Waals surface area contributed by atoms with E-state index in [0.29, 0.717) is 49.0 Å². The molecule has 0 aliphatic carbocycles. The van der Waals surface area contributed by atoms with Crippen LogP contribution in [0.1, 0.15) is 36.3 Å². The van der Waals surface area contributed by atoms with E-state index in [-0.39, 0.29) is 11.6 Å². The highest BCUT2D eigenvalue weighted by molar-refractivity contribution is 5.72. The number of hydrogen-bond acceptors (Lipinski definition) is 8. The third-order valence-corrected chi connectivity index (χ3v) is 5.57. The van der Waals surface area contributed by atoms with Gasteiger partial charge in [-0.1, -0.05) is 37.3 Å². The lowest BCUT2D eigenvalue weighted by atomic mass is 10.1. The molecule has 1 unspecified atom stereocenters. The quantitative estimate of drug-likeness (QED) is 0.376. The first-order chi connectivity index (χ1) is 16.1. The average Bonchev–Trinajstić information content (AvgIpc) is 3.32. The molecule has 0 bridgehead atoms. The Labute approximate surface area is 191 Å². The summed E-state index contributed by atoms with van der Waals surface area (Å²) in [5, 5.41) is 7.36. The molecule has 33 heavy (non-hydrogen) atoms. The Morgan fingerprint density at radius 2 is 1.91 bits per heavy atom. The van der Waals surface area contributed by atoms with Crippen LogP contribution in [0.3, 0.4) is 0 Å². The van der Waals surface area contributed by atoms with E-state index in [1.54, 1.807) is 17.0 Å². The lowest BCUT2D eigenvalue weighted by Gasteiger charge is -2.31. The second-order valence-corrected chi connectivity index (χ2v) is 7.74. The fourth-order valence-electron chi connectivity index (χ4n) is 4.00. The Bertz CT molecular complexity index is 1240. The molecule has 4 aromatic rings. The topological polar surface area (TPSA) is 128 Å². The third-order valence-electron chi connectivity index (χ3n) is 5.57. The summed E-state index contributed by atoms with van der Waals surface area (Å²) in [5.74, 6) is 0.672. The van der Waals surface area contributed by atoms with Crippen LogP contribution in [0, 0.1) is 0 Å². The Morgan fingerprint density at radius 1 is 1.15 bits per heavy atom. The van der Waals surface area contributed by atoms with Crippen LogP contribution < -0.4 is 16.0 Å². The van der Waals surface area contributed by atoms with Crippen LogP contribution in [0.25, 0.3) is 11.0 Å². The van der Waals surface area contributed by atoms with E-state index in [4.69, 9.17) is 15.5 Å². The first-order valence-corrected chi connectivity index (χ1v) is 10.9. The Morgan fingerprint density at radius 3 is 2.58 bits per heavy atom. The molecular formula is C23H28N8O2. The van der Waals surface area contributed by atoms with Crippen molar-refractivity contribution < 1.29 is 4.74 Å². The molecule has 0 aliphatic heterocycles. The van der Waals surface area contributed by atoms with E-state index < -0.39 is 0 Å². The minimum absolute atomic E-state index is 0.119. The molecule has 0 aliphatic rings. The molecule has 0 saturated heterocycles. The first kappa shape index (κ1) is 22.6. The molecule has 3 heterocycles. The fourth-order valence-corrected chi connectivity index (χ4v) is 4.00. The van der Waals surface area contributed by atoms with Crippen LogP contribution in [0.15, 0.2) is 53.7 Å². The summed E-state index contributed by atoms with van der Waals surface area (Å²) in [5.41, 5.74) is 8.27.